The Bertz CT molecular complexity index is 470. The van der Waals surface area contributed by atoms with Gasteiger partial charge in [0.25, 0.3) is 0 Å². The average molecular weight is 263 g/mol. The summed E-state index contributed by atoms with van der Waals surface area (Å²) in [4.78, 5) is 4.48. The Morgan fingerprint density at radius 2 is 1.68 bits per heavy atom. The van der Waals surface area contributed by atoms with Crippen LogP contribution in [0.2, 0.25) is 0 Å². The maximum atomic E-state index is 9.73. The molecule has 0 spiro atoms. The van der Waals surface area contributed by atoms with Gasteiger partial charge in [-0.25, -0.2) is 0 Å². The fraction of sp³-hybridized carbons (Fsp3) is 0.643. The minimum Gasteiger partial charge on any atom is -0.398 e. The molecule has 0 bridgehead atoms. The van der Waals surface area contributed by atoms with Crippen molar-refractivity contribution < 1.29 is 14.4 Å². The largest absolute Gasteiger partial charge is 0.514 e. The molecule has 0 radical (unpaired) electrons. The van der Waals surface area contributed by atoms with Crippen molar-refractivity contribution in [3.8, 4) is 0 Å². The smallest absolute Gasteiger partial charge is 0.398 e. The quantitative estimate of drug-likeness (QED) is 0.826. The van der Waals surface area contributed by atoms with E-state index in [-0.39, 0.29) is 11.2 Å². The van der Waals surface area contributed by atoms with Gasteiger partial charge < -0.3 is 14.4 Å². The maximum Gasteiger partial charge on any atom is 0.514 e. The Hall–Kier alpha value is -0.905. The van der Waals surface area contributed by atoms with E-state index >= 15 is 0 Å². The molecule has 2 rings (SSSR count). The molecule has 0 saturated carbocycles. The van der Waals surface area contributed by atoms with Crippen LogP contribution >= 0.6 is 0 Å². The van der Waals surface area contributed by atoms with E-state index in [0.29, 0.717) is 11.3 Å². The highest BCUT2D eigenvalue weighted by Gasteiger charge is 2.52. The van der Waals surface area contributed by atoms with E-state index in [1.165, 1.54) is 0 Å². The van der Waals surface area contributed by atoms with Gasteiger partial charge in [-0.2, -0.15) is 0 Å². The highest BCUT2D eigenvalue weighted by atomic mass is 16.7. The summed E-state index contributed by atoms with van der Waals surface area (Å²) in [6.45, 7) is 11.7. The zero-order chi connectivity index (χ0) is 14.4. The summed E-state index contributed by atoms with van der Waals surface area (Å²) >= 11 is 0. The Kier molecular flexibility index (Phi) is 3.50. The second kappa shape index (κ2) is 4.58. The molecule has 1 aliphatic rings. The molecule has 1 aliphatic heterocycles. The second-order valence-electron chi connectivity index (χ2n) is 6.20. The third kappa shape index (κ3) is 2.55. The first kappa shape index (κ1) is 14.5. The van der Waals surface area contributed by atoms with Crippen LogP contribution < -0.4 is 5.59 Å². The van der Waals surface area contributed by atoms with Crippen molar-refractivity contribution in [2.24, 2.45) is 0 Å². The van der Waals surface area contributed by atoms with Gasteiger partial charge in [0, 0.05) is 0 Å². The highest BCUT2D eigenvalue weighted by molar-refractivity contribution is 6.61. The molecule has 1 N–H and O–H groups in total. The summed E-state index contributed by atoms with van der Waals surface area (Å²) in [5.41, 5.74) is 1.59. The topological polar surface area (TPSA) is 51.6 Å². The first-order chi connectivity index (χ1) is 8.64. The van der Waals surface area contributed by atoms with Gasteiger partial charge in [-0.1, -0.05) is 6.07 Å². The summed E-state index contributed by atoms with van der Waals surface area (Å²) < 4.78 is 11.9. The molecule has 4 nitrogen and oxygen atoms in total. The number of aliphatic hydroxyl groups is 1. The minimum absolute atomic E-state index is 0.380. The molecule has 0 amide bonds. The standard InChI is InChI=1S/C14H22BNO3/c1-9-7-8-11(16-12(9)10(2)17)15-18-13(3,4)14(5,6)19-15/h7-8,10,17H,1-6H3. The van der Waals surface area contributed by atoms with Crippen molar-refractivity contribution >= 4 is 12.7 Å². The van der Waals surface area contributed by atoms with Crippen molar-refractivity contribution in [1.82, 2.24) is 4.98 Å². The van der Waals surface area contributed by atoms with Crippen LogP contribution in [0.1, 0.15) is 52.0 Å². The Balaban J connectivity index is 2.32. The van der Waals surface area contributed by atoms with Gasteiger partial charge in [-0.15, -0.1) is 0 Å². The normalized spacial score (nSPS) is 22.6. The van der Waals surface area contributed by atoms with E-state index in [4.69, 9.17) is 9.31 Å². The molecule has 1 aromatic rings. The summed E-state index contributed by atoms with van der Waals surface area (Å²) in [5.74, 6) is 0. The Morgan fingerprint density at radius 3 is 2.16 bits per heavy atom. The molecule has 1 atom stereocenters. The molecule has 104 valence electrons. The Labute approximate surface area is 115 Å². The molecule has 1 unspecified atom stereocenters. The summed E-state index contributed by atoms with van der Waals surface area (Å²) in [5, 5.41) is 9.73. The zero-order valence-electron chi connectivity index (χ0n) is 12.5. The molecule has 19 heavy (non-hydrogen) atoms. The van der Waals surface area contributed by atoms with E-state index in [1.54, 1.807) is 6.92 Å². The predicted octanol–water partition coefficient (Wildman–Crippen LogP) is 1.74. The van der Waals surface area contributed by atoms with Crippen LogP contribution in [-0.4, -0.2) is 28.4 Å². The fourth-order valence-electron chi connectivity index (χ4n) is 2.08. The molecule has 2 heterocycles. The first-order valence-corrected chi connectivity index (χ1v) is 6.65. The van der Waals surface area contributed by atoms with Crippen LogP contribution in [0, 0.1) is 6.92 Å². The van der Waals surface area contributed by atoms with Crippen molar-refractivity contribution in [2.45, 2.75) is 58.8 Å². The fourth-order valence-corrected chi connectivity index (χ4v) is 2.08. The van der Waals surface area contributed by atoms with Crippen molar-refractivity contribution in [1.29, 1.82) is 0 Å². The molecule has 0 aromatic carbocycles. The number of aromatic nitrogens is 1. The van der Waals surface area contributed by atoms with Crippen LogP contribution in [-0.2, 0) is 9.31 Å². The molecule has 0 aliphatic carbocycles. The van der Waals surface area contributed by atoms with E-state index in [0.717, 1.165) is 5.56 Å². The lowest BCUT2D eigenvalue weighted by atomic mass is 9.83. The predicted molar refractivity (Wildman–Crippen MR) is 75.3 cm³/mol. The number of hydrogen-bond acceptors (Lipinski definition) is 4. The zero-order valence-corrected chi connectivity index (χ0v) is 12.5. The third-order valence-corrected chi connectivity index (χ3v) is 4.05. The van der Waals surface area contributed by atoms with Crippen molar-refractivity contribution in [3.05, 3.63) is 23.4 Å². The lowest BCUT2D eigenvalue weighted by Crippen LogP contribution is -2.41. The van der Waals surface area contributed by atoms with Gasteiger partial charge in [-0.3, -0.25) is 4.98 Å². The van der Waals surface area contributed by atoms with Crippen LogP contribution in [0.5, 0.6) is 0 Å². The molecule has 1 aromatic heterocycles. The summed E-state index contributed by atoms with van der Waals surface area (Å²) in [6, 6.07) is 3.83. The number of rotatable bonds is 2. The highest BCUT2D eigenvalue weighted by Crippen LogP contribution is 2.36. The minimum atomic E-state index is -0.595. The average Bonchev–Trinajstić information content (AvgIpc) is 2.48. The van der Waals surface area contributed by atoms with Crippen molar-refractivity contribution in [2.75, 3.05) is 0 Å². The van der Waals surface area contributed by atoms with Gasteiger partial charge in [0.2, 0.25) is 0 Å². The van der Waals surface area contributed by atoms with Crippen LogP contribution in [0.3, 0.4) is 0 Å². The lowest BCUT2D eigenvalue weighted by molar-refractivity contribution is 0.00578. The van der Waals surface area contributed by atoms with E-state index < -0.39 is 13.2 Å². The SMILES string of the molecule is Cc1ccc(B2OC(C)(C)C(C)(C)O2)nc1C(C)O. The number of nitrogens with zero attached hydrogens (tertiary/aromatic N) is 1. The number of aliphatic hydroxyl groups excluding tert-OH is 1. The van der Waals surface area contributed by atoms with Crippen LogP contribution in [0.15, 0.2) is 12.1 Å². The van der Waals surface area contributed by atoms with Crippen LogP contribution in [0.4, 0.5) is 0 Å². The van der Waals surface area contributed by atoms with Gasteiger partial charge in [0.15, 0.2) is 0 Å². The molecular formula is C14H22BNO3. The van der Waals surface area contributed by atoms with Gasteiger partial charge in [-0.05, 0) is 53.2 Å². The second-order valence-corrected chi connectivity index (χ2v) is 6.20. The van der Waals surface area contributed by atoms with Crippen molar-refractivity contribution in [3.63, 3.8) is 0 Å². The van der Waals surface area contributed by atoms with Crippen LogP contribution in [0.25, 0.3) is 0 Å². The van der Waals surface area contributed by atoms with E-state index in [9.17, 15) is 5.11 Å². The van der Waals surface area contributed by atoms with E-state index in [2.05, 4.69) is 4.98 Å². The summed E-state index contributed by atoms with van der Waals surface area (Å²) in [6.07, 6.45) is -0.595. The van der Waals surface area contributed by atoms with E-state index in [1.807, 2.05) is 46.8 Å². The third-order valence-electron chi connectivity index (χ3n) is 4.05. The number of hydrogen-bond donors (Lipinski definition) is 1. The number of pyridine rings is 1. The van der Waals surface area contributed by atoms with Gasteiger partial charge >= 0.3 is 7.12 Å². The number of aryl methyl sites for hydroxylation is 1. The molecule has 1 saturated heterocycles. The molecule has 5 heteroatoms. The lowest BCUT2D eigenvalue weighted by Gasteiger charge is -2.32. The Morgan fingerprint density at radius 1 is 1.16 bits per heavy atom. The molecule has 1 fully saturated rings. The molecular weight excluding hydrogens is 241 g/mol. The van der Waals surface area contributed by atoms with Gasteiger partial charge in [0.1, 0.15) is 0 Å². The first-order valence-electron chi connectivity index (χ1n) is 6.65. The van der Waals surface area contributed by atoms with Gasteiger partial charge in [0.05, 0.1) is 28.6 Å². The summed E-state index contributed by atoms with van der Waals surface area (Å²) in [7, 11) is -0.483. The monoisotopic (exact) mass is 263 g/mol. The maximum absolute atomic E-state index is 9.73.